The van der Waals surface area contributed by atoms with Crippen molar-refractivity contribution < 1.29 is 31.9 Å². The van der Waals surface area contributed by atoms with E-state index in [1.54, 1.807) is 0 Å². The Morgan fingerprint density at radius 2 is 1.78 bits per heavy atom. The Bertz CT molecular complexity index is 1230. The van der Waals surface area contributed by atoms with E-state index < -0.39 is 64.4 Å². The maximum absolute atomic E-state index is 14.6. The molecule has 0 aliphatic heterocycles. The molecule has 3 rings (SSSR count). The number of halogens is 5. The lowest BCUT2D eigenvalue weighted by Crippen LogP contribution is -2.31. The molecular formula is C21H16F5N3O3. The number of alkyl halides is 2. The molecule has 0 aliphatic rings. The molecule has 1 aromatic heterocycles. The third kappa shape index (κ3) is 4.37. The molecule has 0 radical (unpaired) electrons. The third-order valence-corrected chi connectivity index (χ3v) is 4.63. The summed E-state index contributed by atoms with van der Waals surface area (Å²) in [7, 11) is 0. The predicted octanol–water partition coefficient (Wildman–Crippen LogP) is 3.22. The van der Waals surface area contributed by atoms with Gasteiger partial charge >= 0.3 is 0 Å². The molecule has 1 atom stereocenters. The summed E-state index contributed by atoms with van der Waals surface area (Å²) in [6.07, 6.45) is 0. The second-order valence-electron chi connectivity index (χ2n) is 6.81. The van der Waals surface area contributed by atoms with E-state index in [0.29, 0.717) is 4.68 Å². The minimum absolute atomic E-state index is 0.284. The summed E-state index contributed by atoms with van der Waals surface area (Å²) in [5.74, 6) is -8.64. The van der Waals surface area contributed by atoms with Gasteiger partial charge in [-0.3, -0.25) is 9.59 Å². The Kier molecular flexibility index (Phi) is 6.40. The number of aliphatic hydroxyl groups is 1. The van der Waals surface area contributed by atoms with Crippen LogP contribution in [-0.2, 0) is 5.92 Å². The molecule has 1 amide bonds. The summed E-state index contributed by atoms with van der Waals surface area (Å²) < 4.78 is 70.1. The van der Waals surface area contributed by atoms with Gasteiger partial charge in [0, 0.05) is 11.6 Å². The maximum atomic E-state index is 14.6. The number of hydrogen-bond donors (Lipinski definition) is 2. The molecule has 32 heavy (non-hydrogen) atoms. The number of nitrogens with one attached hydrogen (secondary N) is 1. The van der Waals surface area contributed by atoms with Gasteiger partial charge in [-0.05, 0) is 31.2 Å². The van der Waals surface area contributed by atoms with E-state index in [2.05, 4.69) is 10.4 Å². The van der Waals surface area contributed by atoms with E-state index in [4.69, 9.17) is 5.11 Å². The third-order valence-electron chi connectivity index (χ3n) is 4.63. The number of hydrogen-bond acceptors (Lipinski definition) is 4. The van der Waals surface area contributed by atoms with Gasteiger partial charge in [-0.25, -0.2) is 13.2 Å². The van der Waals surface area contributed by atoms with Crippen LogP contribution in [0.25, 0.3) is 5.69 Å². The van der Waals surface area contributed by atoms with Crippen molar-refractivity contribution in [3.8, 4) is 5.69 Å². The predicted molar refractivity (Wildman–Crippen MR) is 103 cm³/mol. The first-order chi connectivity index (χ1) is 15.1. The topological polar surface area (TPSA) is 84.2 Å². The normalized spacial score (nSPS) is 12.5. The van der Waals surface area contributed by atoms with Crippen LogP contribution in [0.4, 0.5) is 22.0 Å². The molecule has 2 aromatic carbocycles. The largest absolute Gasteiger partial charge is 0.390 e. The second-order valence-corrected chi connectivity index (χ2v) is 6.81. The standard InChI is InChI=1S/C21H16F5N3O3/c1-11(12-4-2-5-13(18(12)23)21(25,26)10-30)27-20(32)15-8-9-17(31)29(28-15)16-7-3-6-14(22)19(16)24/h2-9,11,30H,10H2,1H3,(H,27,32)/t11-/m1/s1. The molecule has 0 fully saturated rings. The molecule has 0 bridgehead atoms. The van der Waals surface area contributed by atoms with Gasteiger partial charge < -0.3 is 10.4 Å². The van der Waals surface area contributed by atoms with Crippen molar-refractivity contribution in [3.05, 3.63) is 93.2 Å². The fraction of sp³-hybridized carbons (Fsp3) is 0.190. The zero-order valence-electron chi connectivity index (χ0n) is 16.5. The van der Waals surface area contributed by atoms with Crippen molar-refractivity contribution >= 4 is 5.91 Å². The first-order valence-corrected chi connectivity index (χ1v) is 9.20. The summed E-state index contributed by atoms with van der Waals surface area (Å²) in [6, 6.07) is 7.00. The average molecular weight is 453 g/mol. The zero-order valence-corrected chi connectivity index (χ0v) is 16.5. The maximum Gasteiger partial charge on any atom is 0.298 e. The van der Waals surface area contributed by atoms with E-state index in [9.17, 15) is 31.5 Å². The number of carbonyl (C=O) groups is 1. The number of aliphatic hydroxyl groups excluding tert-OH is 1. The molecular weight excluding hydrogens is 437 g/mol. The highest BCUT2D eigenvalue weighted by Crippen LogP contribution is 2.32. The average Bonchev–Trinajstić information content (AvgIpc) is 2.76. The van der Waals surface area contributed by atoms with Gasteiger partial charge in [0.1, 0.15) is 23.8 Å². The number of benzene rings is 2. The van der Waals surface area contributed by atoms with Crippen LogP contribution in [0.15, 0.2) is 53.3 Å². The van der Waals surface area contributed by atoms with Gasteiger partial charge in [0.05, 0.1) is 11.6 Å². The first-order valence-electron chi connectivity index (χ1n) is 9.20. The molecule has 1 heterocycles. The summed E-state index contributed by atoms with van der Waals surface area (Å²) in [6.45, 7) is -0.282. The molecule has 11 heteroatoms. The lowest BCUT2D eigenvalue weighted by molar-refractivity contribution is -0.0584. The van der Waals surface area contributed by atoms with Gasteiger partial charge in [-0.15, -0.1) is 0 Å². The van der Waals surface area contributed by atoms with Gasteiger partial charge in [-0.1, -0.05) is 18.2 Å². The van der Waals surface area contributed by atoms with Gasteiger partial charge in [0.15, 0.2) is 11.6 Å². The van der Waals surface area contributed by atoms with Crippen LogP contribution in [-0.4, -0.2) is 27.4 Å². The molecule has 0 aliphatic carbocycles. The minimum Gasteiger partial charge on any atom is -0.390 e. The lowest BCUT2D eigenvalue weighted by Gasteiger charge is -2.20. The number of rotatable bonds is 6. The Morgan fingerprint density at radius 1 is 1.09 bits per heavy atom. The van der Waals surface area contributed by atoms with Gasteiger partial charge in [0.2, 0.25) is 0 Å². The highest BCUT2D eigenvalue weighted by molar-refractivity contribution is 5.92. The SMILES string of the molecule is C[C@@H](NC(=O)c1ccc(=O)n(-c2cccc(F)c2F)n1)c1cccc(C(F)(F)CO)c1F. The van der Waals surface area contributed by atoms with E-state index in [0.717, 1.165) is 42.5 Å². The first kappa shape index (κ1) is 23.1. The zero-order chi connectivity index (χ0) is 23.6. The quantitative estimate of drug-likeness (QED) is 0.562. The van der Waals surface area contributed by atoms with Crippen molar-refractivity contribution in [2.45, 2.75) is 18.9 Å². The number of aromatic nitrogens is 2. The summed E-state index contributed by atoms with van der Waals surface area (Å²) in [5.41, 5.74) is -3.08. The van der Waals surface area contributed by atoms with Crippen LogP contribution in [0, 0.1) is 17.5 Å². The number of carbonyl (C=O) groups excluding carboxylic acids is 1. The van der Waals surface area contributed by atoms with E-state index in [1.165, 1.54) is 13.0 Å². The van der Waals surface area contributed by atoms with Crippen molar-refractivity contribution in [3.63, 3.8) is 0 Å². The number of nitrogens with zero attached hydrogens (tertiary/aromatic N) is 2. The highest BCUT2D eigenvalue weighted by atomic mass is 19.3. The van der Waals surface area contributed by atoms with Gasteiger partial charge in [-0.2, -0.15) is 18.6 Å². The Labute approximate surface area is 177 Å². The molecule has 0 saturated carbocycles. The summed E-state index contributed by atoms with van der Waals surface area (Å²) in [5, 5.41) is 14.9. The molecule has 2 N–H and O–H groups in total. The van der Waals surface area contributed by atoms with Crippen molar-refractivity contribution in [2.75, 3.05) is 6.61 Å². The van der Waals surface area contributed by atoms with Crippen LogP contribution in [0.3, 0.4) is 0 Å². The monoisotopic (exact) mass is 453 g/mol. The van der Waals surface area contributed by atoms with Crippen LogP contribution < -0.4 is 10.9 Å². The van der Waals surface area contributed by atoms with E-state index in [1.807, 2.05) is 0 Å². The van der Waals surface area contributed by atoms with Crippen molar-refractivity contribution in [1.29, 1.82) is 0 Å². The second kappa shape index (κ2) is 8.87. The highest BCUT2D eigenvalue weighted by Gasteiger charge is 2.35. The minimum atomic E-state index is -3.82. The fourth-order valence-electron chi connectivity index (χ4n) is 2.96. The fourth-order valence-corrected chi connectivity index (χ4v) is 2.96. The van der Waals surface area contributed by atoms with E-state index >= 15 is 0 Å². The molecule has 0 spiro atoms. The van der Waals surface area contributed by atoms with Crippen LogP contribution in [0.5, 0.6) is 0 Å². The van der Waals surface area contributed by atoms with Gasteiger partial charge in [0.25, 0.3) is 17.4 Å². The van der Waals surface area contributed by atoms with Crippen LogP contribution >= 0.6 is 0 Å². The van der Waals surface area contributed by atoms with Crippen LogP contribution in [0.1, 0.15) is 34.6 Å². The Balaban J connectivity index is 1.91. The van der Waals surface area contributed by atoms with Crippen molar-refractivity contribution in [1.82, 2.24) is 15.1 Å². The molecule has 168 valence electrons. The van der Waals surface area contributed by atoms with Crippen molar-refractivity contribution in [2.24, 2.45) is 0 Å². The van der Waals surface area contributed by atoms with Crippen LogP contribution in [0.2, 0.25) is 0 Å². The number of amides is 1. The Hall–Kier alpha value is -3.60. The Morgan fingerprint density at radius 3 is 2.47 bits per heavy atom. The summed E-state index contributed by atoms with van der Waals surface area (Å²) >= 11 is 0. The molecule has 0 unspecified atom stereocenters. The van der Waals surface area contributed by atoms with E-state index in [-0.39, 0.29) is 5.56 Å². The molecule has 6 nitrogen and oxygen atoms in total. The lowest BCUT2D eigenvalue weighted by atomic mass is 10.0. The molecule has 0 saturated heterocycles. The summed E-state index contributed by atoms with van der Waals surface area (Å²) in [4.78, 5) is 24.6. The smallest absolute Gasteiger partial charge is 0.298 e. The molecule has 3 aromatic rings.